The quantitative estimate of drug-likeness (QED) is 0.377. The number of carbonyl (C=O) groups excluding carboxylic acids is 2. The lowest BCUT2D eigenvalue weighted by Crippen LogP contribution is -2.38. The van der Waals surface area contributed by atoms with Gasteiger partial charge in [0, 0.05) is 23.8 Å². The molecule has 11 nitrogen and oxygen atoms in total. The minimum absolute atomic E-state index is 0.0146. The summed E-state index contributed by atoms with van der Waals surface area (Å²) in [5, 5.41) is 25.5. The fourth-order valence-corrected chi connectivity index (χ4v) is 6.32. The standard InChI is InChI=1S/C26H25N7O4S2/c1-3-36-16-9-7-15(8-10-16)22-17(12-27)24(28)33(18-5-4-6-19(34)23(18)22)25-30-31-26(39-25)38-13-21(35)29-20-11-14(2)37-32-20/h7-11,22H,3-6,13,28H2,1-2H3,(H,29,32,35). The van der Waals surface area contributed by atoms with Crippen LogP contribution in [0, 0.1) is 18.3 Å². The topological polar surface area (TPSA) is 160 Å². The molecule has 1 atom stereocenters. The summed E-state index contributed by atoms with van der Waals surface area (Å²) in [5.41, 5.74) is 8.97. The number of nitrogens with one attached hydrogen (secondary N) is 1. The number of ketones is 1. The number of carbonyl (C=O) groups is 2. The number of nitriles is 1. The number of aryl methyl sites for hydroxylation is 1. The number of amides is 1. The highest BCUT2D eigenvalue weighted by Gasteiger charge is 2.41. The molecule has 3 aromatic rings. The highest BCUT2D eigenvalue weighted by atomic mass is 32.2. The summed E-state index contributed by atoms with van der Waals surface area (Å²) < 4.78 is 11.1. The van der Waals surface area contributed by atoms with Crippen LogP contribution in [0.3, 0.4) is 0 Å². The summed E-state index contributed by atoms with van der Waals surface area (Å²) in [6.07, 6.45) is 1.67. The van der Waals surface area contributed by atoms with Crippen LogP contribution in [0.25, 0.3) is 0 Å². The zero-order valence-electron chi connectivity index (χ0n) is 21.3. The van der Waals surface area contributed by atoms with Gasteiger partial charge in [-0.2, -0.15) is 5.26 Å². The average Bonchev–Trinajstić information content (AvgIpc) is 3.56. The Hall–Kier alpha value is -4.15. The summed E-state index contributed by atoms with van der Waals surface area (Å²) in [5.74, 6) is 1.09. The third-order valence-corrected chi connectivity index (χ3v) is 8.29. The second kappa shape index (κ2) is 11.3. The number of hydrogen-bond acceptors (Lipinski definition) is 12. The highest BCUT2D eigenvalue weighted by molar-refractivity contribution is 8.01. The van der Waals surface area contributed by atoms with Gasteiger partial charge in [0.05, 0.1) is 29.9 Å². The fourth-order valence-electron chi connectivity index (χ4n) is 4.64. The van der Waals surface area contributed by atoms with Crippen molar-refractivity contribution in [3.63, 3.8) is 0 Å². The van der Waals surface area contributed by atoms with Crippen molar-refractivity contribution in [2.75, 3.05) is 22.6 Å². The van der Waals surface area contributed by atoms with Crippen molar-refractivity contribution in [1.82, 2.24) is 15.4 Å². The van der Waals surface area contributed by atoms with Gasteiger partial charge in [0.15, 0.2) is 15.9 Å². The molecule has 13 heteroatoms. The lowest BCUT2D eigenvalue weighted by atomic mass is 9.76. The van der Waals surface area contributed by atoms with E-state index in [1.54, 1.807) is 17.9 Å². The second-order valence-electron chi connectivity index (χ2n) is 8.83. The number of Topliss-reactive ketones (excluding diaryl/α,β-unsaturated/α-hetero) is 1. The van der Waals surface area contributed by atoms with Gasteiger partial charge in [-0.15, -0.1) is 10.2 Å². The van der Waals surface area contributed by atoms with Gasteiger partial charge in [0.25, 0.3) is 0 Å². The zero-order valence-corrected chi connectivity index (χ0v) is 22.9. The number of nitrogens with two attached hydrogens (primary N) is 1. The van der Waals surface area contributed by atoms with E-state index in [0.29, 0.717) is 58.2 Å². The number of thioether (sulfide) groups is 1. The number of allylic oxidation sites excluding steroid dienone is 3. The van der Waals surface area contributed by atoms with Gasteiger partial charge < -0.3 is 20.3 Å². The van der Waals surface area contributed by atoms with Gasteiger partial charge in [-0.3, -0.25) is 14.5 Å². The molecule has 0 fully saturated rings. The van der Waals surface area contributed by atoms with E-state index in [9.17, 15) is 14.9 Å². The van der Waals surface area contributed by atoms with Gasteiger partial charge in [-0.25, -0.2) is 0 Å². The molecule has 1 aliphatic heterocycles. The minimum atomic E-state index is -0.574. The van der Waals surface area contributed by atoms with Crippen LogP contribution in [-0.2, 0) is 9.59 Å². The van der Waals surface area contributed by atoms with E-state index in [1.807, 2.05) is 31.2 Å². The molecule has 0 bridgehead atoms. The first kappa shape index (κ1) is 26.5. The van der Waals surface area contributed by atoms with Crippen molar-refractivity contribution in [3.05, 3.63) is 64.3 Å². The van der Waals surface area contributed by atoms with Crippen molar-refractivity contribution >= 4 is 45.7 Å². The number of nitrogens with zero attached hydrogens (tertiary/aromatic N) is 5. The SMILES string of the molecule is CCOc1ccc(C2C(C#N)=C(N)N(c3nnc(SCC(=O)Nc4cc(C)on4)s3)C3=C2C(=O)CCC3)cc1. The summed E-state index contributed by atoms with van der Waals surface area (Å²) in [6.45, 7) is 4.18. The van der Waals surface area contributed by atoms with E-state index < -0.39 is 5.92 Å². The summed E-state index contributed by atoms with van der Waals surface area (Å²) in [7, 11) is 0. The van der Waals surface area contributed by atoms with Crippen LogP contribution in [0.2, 0.25) is 0 Å². The fraction of sp³-hybridized carbons (Fsp3) is 0.308. The van der Waals surface area contributed by atoms with E-state index >= 15 is 0 Å². The van der Waals surface area contributed by atoms with Crippen molar-refractivity contribution in [2.45, 2.75) is 43.4 Å². The van der Waals surface area contributed by atoms with Crippen LogP contribution in [0.15, 0.2) is 61.9 Å². The van der Waals surface area contributed by atoms with Crippen molar-refractivity contribution < 1.29 is 18.8 Å². The molecule has 3 N–H and O–H groups in total. The number of ether oxygens (including phenoxy) is 1. The normalized spacial score (nSPS) is 17.2. The molecular weight excluding hydrogens is 538 g/mol. The van der Waals surface area contributed by atoms with E-state index in [2.05, 4.69) is 26.7 Å². The average molecular weight is 564 g/mol. The Bertz CT molecular complexity index is 1520. The number of aromatic nitrogens is 3. The summed E-state index contributed by atoms with van der Waals surface area (Å²) in [6, 6.07) is 11.3. The molecule has 0 spiro atoms. The molecule has 200 valence electrons. The van der Waals surface area contributed by atoms with E-state index in [0.717, 1.165) is 11.3 Å². The molecule has 2 aliphatic rings. The highest BCUT2D eigenvalue weighted by Crippen LogP contribution is 2.47. The first-order valence-electron chi connectivity index (χ1n) is 12.3. The molecule has 0 saturated carbocycles. The Labute approximate surface area is 232 Å². The van der Waals surface area contributed by atoms with Crippen molar-refractivity contribution in [2.24, 2.45) is 5.73 Å². The number of hydrogen-bond donors (Lipinski definition) is 2. The first-order chi connectivity index (χ1) is 18.9. The van der Waals surface area contributed by atoms with Crippen molar-refractivity contribution in [1.29, 1.82) is 5.26 Å². The lowest BCUT2D eigenvalue weighted by molar-refractivity contribution is -0.116. The van der Waals surface area contributed by atoms with Gasteiger partial charge in [-0.1, -0.05) is 40.4 Å². The third-order valence-electron chi connectivity index (χ3n) is 6.25. The van der Waals surface area contributed by atoms with Gasteiger partial charge in [0.2, 0.25) is 11.0 Å². The Morgan fingerprint density at radius 2 is 2.13 bits per heavy atom. The lowest BCUT2D eigenvalue weighted by Gasteiger charge is -2.38. The number of anilines is 2. The summed E-state index contributed by atoms with van der Waals surface area (Å²) in [4.78, 5) is 27.3. The van der Waals surface area contributed by atoms with E-state index in [1.165, 1.54) is 23.1 Å². The van der Waals surface area contributed by atoms with Gasteiger partial charge >= 0.3 is 0 Å². The van der Waals surface area contributed by atoms with Crippen LogP contribution in [0.5, 0.6) is 5.75 Å². The molecule has 1 aromatic carbocycles. The Morgan fingerprint density at radius 1 is 1.33 bits per heavy atom. The molecule has 5 rings (SSSR count). The second-order valence-corrected chi connectivity index (χ2v) is 11.0. The molecule has 1 aliphatic carbocycles. The maximum Gasteiger partial charge on any atom is 0.236 e. The minimum Gasteiger partial charge on any atom is -0.494 e. The van der Waals surface area contributed by atoms with E-state index in [4.69, 9.17) is 15.0 Å². The molecule has 1 unspecified atom stereocenters. The molecule has 39 heavy (non-hydrogen) atoms. The molecule has 2 aromatic heterocycles. The zero-order chi connectivity index (χ0) is 27.5. The molecule has 0 saturated heterocycles. The smallest absolute Gasteiger partial charge is 0.236 e. The first-order valence-corrected chi connectivity index (χ1v) is 14.1. The Balaban J connectivity index is 1.42. The monoisotopic (exact) mass is 563 g/mol. The van der Waals surface area contributed by atoms with E-state index in [-0.39, 0.29) is 28.8 Å². The Kier molecular flexibility index (Phi) is 7.67. The number of rotatable bonds is 8. The van der Waals surface area contributed by atoms with Gasteiger partial charge in [0.1, 0.15) is 17.3 Å². The number of benzene rings is 1. The predicted molar refractivity (Wildman–Crippen MR) is 146 cm³/mol. The van der Waals surface area contributed by atoms with Gasteiger partial charge in [-0.05, 0) is 44.4 Å². The predicted octanol–water partition coefficient (Wildman–Crippen LogP) is 4.27. The third kappa shape index (κ3) is 5.39. The molecule has 3 heterocycles. The summed E-state index contributed by atoms with van der Waals surface area (Å²) >= 11 is 2.45. The van der Waals surface area contributed by atoms with Crippen LogP contribution >= 0.6 is 23.1 Å². The molecular formula is C26H25N7O4S2. The van der Waals surface area contributed by atoms with Crippen LogP contribution in [0.4, 0.5) is 10.9 Å². The Morgan fingerprint density at radius 3 is 2.82 bits per heavy atom. The van der Waals surface area contributed by atoms with Crippen LogP contribution in [0.1, 0.15) is 43.4 Å². The van der Waals surface area contributed by atoms with Crippen molar-refractivity contribution in [3.8, 4) is 11.8 Å². The van der Waals surface area contributed by atoms with Crippen LogP contribution < -0.4 is 20.7 Å². The van der Waals surface area contributed by atoms with Crippen LogP contribution in [-0.4, -0.2) is 39.4 Å². The maximum absolute atomic E-state index is 13.3. The maximum atomic E-state index is 13.3. The molecule has 1 amide bonds. The largest absolute Gasteiger partial charge is 0.494 e. The molecule has 0 radical (unpaired) electrons.